The lowest BCUT2D eigenvalue weighted by molar-refractivity contribution is 0.0954. The number of hydrogen-bond acceptors (Lipinski definition) is 3. The van der Waals surface area contributed by atoms with Gasteiger partial charge in [-0.25, -0.2) is 0 Å². The predicted octanol–water partition coefficient (Wildman–Crippen LogP) is 0.912. The van der Waals surface area contributed by atoms with Crippen molar-refractivity contribution in [1.82, 2.24) is 15.5 Å². The summed E-state index contributed by atoms with van der Waals surface area (Å²) in [7, 11) is 0. The zero-order chi connectivity index (χ0) is 10.4. The molecule has 1 aromatic heterocycles. The van der Waals surface area contributed by atoms with Gasteiger partial charge in [0, 0.05) is 6.54 Å². The Morgan fingerprint density at radius 3 is 3.00 bits per heavy atom. The van der Waals surface area contributed by atoms with E-state index in [1.54, 1.807) is 0 Å². The predicted molar refractivity (Wildman–Crippen MR) is 54.9 cm³/mol. The van der Waals surface area contributed by atoms with E-state index in [1.807, 2.05) is 0 Å². The number of unbranched alkanes of at least 4 members (excludes halogenated alkanes) is 2. The van der Waals surface area contributed by atoms with Gasteiger partial charge in [0.05, 0.1) is 6.20 Å². The van der Waals surface area contributed by atoms with E-state index < -0.39 is 0 Å². The second-order valence-electron chi connectivity index (χ2n) is 3.16. The molecular weight excluding hydrogens is 180 g/mol. The molecule has 0 atom stereocenters. The van der Waals surface area contributed by atoms with Gasteiger partial charge in [0.1, 0.15) is 11.4 Å². The number of H-pyrrole nitrogens is 1. The number of nitrogen functional groups attached to an aromatic ring is 1. The number of aromatic nitrogens is 2. The maximum absolute atomic E-state index is 11.4. The lowest BCUT2D eigenvalue weighted by atomic mass is 10.2. The molecule has 78 valence electrons. The van der Waals surface area contributed by atoms with Crippen molar-refractivity contribution < 1.29 is 4.79 Å². The number of nitrogens with two attached hydrogens (primary N) is 1. The van der Waals surface area contributed by atoms with Crippen LogP contribution in [0.5, 0.6) is 0 Å². The number of nitrogens with one attached hydrogen (secondary N) is 2. The van der Waals surface area contributed by atoms with Gasteiger partial charge in [-0.3, -0.25) is 9.89 Å². The number of aromatic amines is 1. The number of anilines is 1. The first kappa shape index (κ1) is 10.6. The van der Waals surface area contributed by atoms with E-state index in [1.165, 1.54) is 6.20 Å². The van der Waals surface area contributed by atoms with Gasteiger partial charge in [-0.05, 0) is 6.42 Å². The van der Waals surface area contributed by atoms with E-state index in [9.17, 15) is 4.79 Å². The average Bonchev–Trinajstić information content (AvgIpc) is 2.59. The fourth-order valence-corrected chi connectivity index (χ4v) is 1.15. The van der Waals surface area contributed by atoms with Crippen LogP contribution in [0.2, 0.25) is 0 Å². The van der Waals surface area contributed by atoms with Crippen LogP contribution in [0, 0.1) is 0 Å². The molecule has 0 saturated heterocycles. The molecule has 0 aliphatic heterocycles. The van der Waals surface area contributed by atoms with Crippen molar-refractivity contribution in [2.24, 2.45) is 0 Å². The summed E-state index contributed by atoms with van der Waals surface area (Å²) in [5.74, 6) is 0.158. The van der Waals surface area contributed by atoms with Crippen molar-refractivity contribution in [2.45, 2.75) is 26.2 Å². The maximum Gasteiger partial charge on any atom is 0.256 e. The van der Waals surface area contributed by atoms with Gasteiger partial charge < -0.3 is 11.1 Å². The van der Waals surface area contributed by atoms with Gasteiger partial charge in [-0.2, -0.15) is 5.10 Å². The molecule has 0 spiro atoms. The third-order valence-corrected chi connectivity index (χ3v) is 1.98. The van der Waals surface area contributed by atoms with Gasteiger partial charge in [0.2, 0.25) is 0 Å². The van der Waals surface area contributed by atoms with E-state index in [4.69, 9.17) is 5.73 Å². The molecule has 0 radical (unpaired) electrons. The molecule has 1 rings (SSSR count). The highest BCUT2D eigenvalue weighted by Gasteiger charge is 2.09. The summed E-state index contributed by atoms with van der Waals surface area (Å²) < 4.78 is 0. The third kappa shape index (κ3) is 2.76. The van der Waals surface area contributed by atoms with Gasteiger partial charge in [0.25, 0.3) is 5.91 Å². The van der Waals surface area contributed by atoms with E-state index >= 15 is 0 Å². The largest absolute Gasteiger partial charge is 0.383 e. The number of carbonyl (C=O) groups is 1. The first-order valence-corrected chi connectivity index (χ1v) is 4.82. The lowest BCUT2D eigenvalue weighted by Crippen LogP contribution is -2.24. The monoisotopic (exact) mass is 196 g/mol. The third-order valence-electron chi connectivity index (χ3n) is 1.98. The summed E-state index contributed by atoms with van der Waals surface area (Å²) >= 11 is 0. The standard InChI is InChI=1S/C9H16N4O/c1-2-3-4-5-11-9(14)7-6-12-13-8(7)10/h6H,2-5H2,1H3,(H,11,14)(H3,10,12,13). The van der Waals surface area contributed by atoms with Crippen LogP contribution >= 0.6 is 0 Å². The minimum absolute atomic E-state index is 0.160. The molecule has 1 amide bonds. The number of nitrogens with zero attached hydrogens (tertiary/aromatic N) is 1. The first-order valence-electron chi connectivity index (χ1n) is 4.82. The van der Waals surface area contributed by atoms with Crippen molar-refractivity contribution in [3.05, 3.63) is 11.8 Å². The van der Waals surface area contributed by atoms with Gasteiger partial charge >= 0.3 is 0 Å². The Morgan fingerprint density at radius 2 is 2.43 bits per heavy atom. The highest BCUT2D eigenvalue weighted by Crippen LogP contribution is 2.05. The zero-order valence-corrected chi connectivity index (χ0v) is 8.34. The van der Waals surface area contributed by atoms with E-state index in [-0.39, 0.29) is 5.91 Å². The molecule has 1 aromatic rings. The molecule has 0 bridgehead atoms. The molecule has 4 N–H and O–H groups in total. The first-order chi connectivity index (χ1) is 6.75. The lowest BCUT2D eigenvalue weighted by Gasteiger charge is -2.02. The van der Waals surface area contributed by atoms with E-state index in [0.29, 0.717) is 17.9 Å². The van der Waals surface area contributed by atoms with Crippen LogP contribution in [0.4, 0.5) is 5.82 Å². The second kappa shape index (κ2) is 5.26. The van der Waals surface area contributed by atoms with Crippen LogP contribution < -0.4 is 11.1 Å². The van der Waals surface area contributed by atoms with Crippen LogP contribution in [0.25, 0.3) is 0 Å². The van der Waals surface area contributed by atoms with Crippen molar-refractivity contribution in [3.63, 3.8) is 0 Å². The topological polar surface area (TPSA) is 83.8 Å². The molecule has 0 unspecified atom stereocenters. The van der Waals surface area contributed by atoms with Gasteiger partial charge in [-0.15, -0.1) is 0 Å². The molecule has 0 fully saturated rings. The van der Waals surface area contributed by atoms with E-state index in [2.05, 4.69) is 22.4 Å². The summed E-state index contributed by atoms with van der Waals surface area (Å²) in [5.41, 5.74) is 5.91. The van der Waals surface area contributed by atoms with Crippen LogP contribution in [0.1, 0.15) is 36.5 Å². The molecule has 0 aliphatic carbocycles. The fraction of sp³-hybridized carbons (Fsp3) is 0.556. The van der Waals surface area contributed by atoms with Crippen molar-refractivity contribution in [2.75, 3.05) is 12.3 Å². The summed E-state index contributed by atoms with van der Waals surface area (Å²) in [6.07, 6.45) is 4.70. The van der Waals surface area contributed by atoms with Crippen LogP contribution in [-0.2, 0) is 0 Å². The van der Waals surface area contributed by atoms with Crippen molar-refractivity contribution in [3.8, 4) is 0 Å². The SMILES string of the molecule is CCCCCNC(=O)c1cn[nH]c1N. The Bertz CT molecular complexity index is 295. The maximum atomic E-state index is 11.4. The zero-order valence-electron chi connectivity index (χ0n) is 8.34. The Labute approximate surface area is 83.1 Å². The van der Waals surface area contributed by atoms with Crippen molar-refractivity contribution in [1.29, 1.82) is 0 Å². The molecule has 14 heavy (non-hydrogen) atoms. The normalized spacial score (nSPS) is 10.1. The molecule has 0 saturated carbocycles. The second-order valence-corrected chi connectivity index (χ2v) is 3.16. The smallest absolute Gasteiger partial charge is 0.256 e. The summed E-state index contributed by atoms with van der Waals surface area (Å²) in [4.78, 5) is 11.4. The summed E-state index contributed by atoms with van der Waals surface area (Å²) in [6.45, 7) is 2.81. The minimum Gasteiger partial charge on any atom is -0.383 e. The molecule has 0 aliphatic rings. The number of amides is 1. The molecule has 5 heteroatoms. The fourth-order valence-electron chi connectivity index (χ4n) is 1.15. The highest BCUT2D eigenvalue weighted by molar-refractivity contribution is 5.97. The number of hydrogen-bond donors (Lipinski definition) is 3. The number of carbonyl (C=O) groups excluding carboxylic acids is 1. The van der Waals surface area contributed by atoms with Gasteiger partial charge in [-0.1, -0.05) is 19.8 Å². The molecule has 1 heterocycles. The number of rotatable bonds is 5. The quantitative estimate of drug-likeness (QED) is 0.612. The Morgan fingerprint density at radius 1 is 1.64 bits per heavy atom. The summed E-state index contributed by atoms with van der Waals surface area (Å²) in [5, 5.41) is 8.98. The van der Waals surface area contributed by atoms with Crippen molar-refractivity contribution >= 4 is 11.7 Å². The Balaban J connectivity index is 2.32. The summed E-state index contributed by atoms with van der Waals surface area (Å²) in [6, 6.07) is 0. The van der Waals surface area contributed by atoms with Crippen LogP contribution in [-0.4, -0.2) is 22.6 Å². The van der Waals surface area contributed by atoms with Gasteiger partial charge in [0.15, 0.2) is 0 Å². The van der Waals surface area contributed by atoms with Crippen LogP contribution in [0.15, 0.2) is 6.20 Å². The van der Waals surface area contributed by atoms with E-state index in [0.717, 1.165) is 19.3 Å². The molecule has 0 aromatic carbocycles. The molecule has 5 nitrogen and oxygen atoms in total. The highest BCUT2D eigenvalue weighted by atomic mass is 16.1. The average molecular weight is 196 g/mol. The Kier molecular flexibility index (Phi) is 3.97. The Hall–Kier alpha value is -1.52. The molecular formula is C9H16N4O. The minimum atomic E-state index is -0.160. The van der Waals surface area contributed by atoms with Crippen LogP contribution in [0.3, 0.4) is 0 Å².